The van der Waals surface area contributed by atoms with Gasteiger partial charge in [-0.1, -0.05) is 26.7 Å². The fourth-order valence-corrected chi connectivity index (χ4v) is 1.45. The summed E-state index contributed by atoms with van der Waals surface area (Å²) in [5.41, 5.74) is 2.59. The van der Waals surface area contributed by atoms with Gasteiger partial charge in [-0.3, -0.25) is 10.4 Å². The number of hydrazine groups is 1. The van der Waals surface area contributed by atoms with Gasteiger partial charge in [-0.15, -0.1) is 0 Å². The van der Waals surface area contributed by atoms with Gasteiger partial charge in [-0.05, 0) is 19.3 Å². The van der Waals surface area contributed by atoms with E-state index in [0.717, 1.165) is 45.6 Å². The molecule has 0 aliphatic carbocycles. The van der Waals surface area contributed by atoms with E-state index in [4.69, 9.17) is 10.6 Å². The summed E-state index contributed by atoms with van der Waals surface area (Å²) in [6.07, 6.45) is 3.27. The van der Waals surface area contributed by atoms with E-state index >= 15 is 0 Å². The molecule has 0 aromatic carbocycles. The molecule has 0 aliphatic rings. The topological polar surface area (TPSA) is 71.7 Å². The summed E-state index contributed by atoms with van der Waals surface area (Å²) in [5.74, 6) is 6.72. The van der Waals surface area contributed by atoms with E-state index in [1.54, 1.807) is 0 Å². The number of nitrogens with one attached hydrogen (secondary N) is 2. The minimum Gasteiger partial charge on any atom is -0.382 e. The molecule has 0 bridgehead atoms. The van der Waals surface area contributed by atoms with Crippen LogP contribution < -0.4 is 16.6 Å². The molecule has 0 fully saturated rings. The molecule has 0 saturated heterocycles. The van der Waals surface area contributed by atoms with Crippen molar-refractivity contribution < 1.29 is 4.74 Å². The molecule has 0 atom stereocenters. The highest BCUT2D eigenvalue weighted by Crippen LogP contribution is 2.06. The van der Waals surface area contributed by atoms with Gasteiger partial charge in [0.25, 0.3) is 0 Å². The second-order valence-electron chi connectivity index (χ2n) is 3.99. The number of hydrogen-bond acceptors (Lipinski definition) is 3. The maximum Gasteiger partial charge on any atom is 0.205 e. The van der Waals surface area contributed by atoms with Crippen molar-refractivity contribution in [1.29, 1.82) is 0 Å². The number of ether oxygens (including phenoxy) is 1. The Morgan fingerprint density at radius 3 is 2.53 bits per heavy atom. The number of nitrogens with zero attached hydrogens (tertiary/aromatic N) is 1. The normalized spacial score (nSPS) is 11.9. The Morgan fingerprint density at radius 1 is 1.29 bits per heavy atom. The fraction of sp³-hybridized carbons (Fsp3) is 0.917. The summed E-state index contributed by atoms with van der Waals surface area (Å²) in [7, 11) is 0. The minimum absolute atomic E-state index is 0.642. The molecule has 0 amide bonds. The predicted octanol–water partition coefficient (Wildman–Crippen LogP) is 1.26. The summed E-state index contributed by atoms with van der Waals surface area (Å²) in [4.78, 5) is 4.43. The van der Waals surface area contributed by atoms with Gasteiger partial charge >= 0.3 is 0 Å². The maximum atomic E-state index is 5.41. The maximum absolute atomic E-state index is 5.41. The van der Waals surface area contributed by atoms with Gasteiger partial charge in [0.05, 0.1) is 0 Å². The summed E-state index contributed by atoms with van der Waals surface area (Å²) in [5, 5.41) is 3.17. The zero-order chi connectivity index (χ0) is 12.9. The van der Waals surface area contributed by atoms with Crippen LogP contribution in [0.3, 0.4) is 0 Å². The predicted molar refractivity (Wildman–Crippen MR) is 72.8 cm³/mol. The third-order valence-electron chi connectivity index (χ3n) is 2.76. The SMILES string of the molecule is CCOCCCNC(=NCC(CC)CC)NN. The molecule has 0 spiro atoms. The first kappa shape index (κ1) is 16.2. The van der Waals surface area contributed by atoms with Gasteiger partial charge in [0.15, 0.2) is 0 Å². The van der Waals surface area contributed by atoms with Crippen LogP contribution in [0.1, 0.15) is 40.0 Å². The highest BCUT2D eigenvalue weighted by molar-refractivity contribution is 5.79. The fourth-order valence-electron chi connectivity index (χ4n) is 1.45. The van der Waals surface area contributed by atoms with Crippen LogP contribution in [0.5, 0.6) is 0 Å². The van der Waals surface area contributed by atoms with E-state index in [-0.39, 0.29) is 0 Å². The molecule has 0 aromatic heterocycles. The first-order chi connectivity index (χ1) is 8.28. The molecule has 0 unspecified atom stereocenters. The highest BCUT2D eigenvalue weighted by atomic mass is 16.5. The quantitative estimate of drug-likeness (QED) is 0.188. The Bertz CT molecular complexity index is 193. The summed E-state index contributed by atoms with van der Waals surface area (Å²) in [6, 6.07) is 0. The van der Waals surface area contributed by atoms with E-state index in [1.165, 1.54) is 0 Å². The Hall–Kier alpha value is -0.810. The number of guanidine groups is 1. The van der Waals surface area contributed by atoms with Gasteiger partial charge in [0.2, 0.25) is 5.96 Å². The number of hydrogen-bond donors (Lipinski definition) is 3. The molecule has 5 nitrogen and oxygen atoms in total. The van der Waals surface area contributed by atoms with E-state index in [2.05, 4.69) is 29.6 Å². The summed E-state index contributed by atoms with van der Waals surface area (Å²) in [6.45, 7) is 9.57. The van der Waals surface area contributed by atoms with Crippen LogP contribution in [0, 0.1) is 5.92 Å². The molecule has 5 heteroatoms. The molecular formula is C12H28N4O. The van der Waals surface area contributed by atoms with E-state index in [1.807, 2.05) is 6.92 Å². The first-order valence-electron chi connectivity index (χ1n) is 6.61. The third-order valence-corrected chi connectivity index (χ3v) is 2.76. The lowest BCUT2D eigenvalue weighted by Crippen LogP contribution is -2.42. The number of nitrogens with two attached hydrogens (primary N) is 1. The largest absolute Gasteiger partial charge is 0.382 e. The second-order valence-corrected chi connectivity index (χ2v) is 3.99. The highest BCUT2D eigenvalue weighted by Gasteiger charge is 2.02. The van der Waals surface area contributed by atoms with Gasteiger partial charge < -0.3 is 10.1 Å². The summed E-state index contributed by atoms with van der Waals surface area (Å²) < 4.78 is 5.25. The van der Waals surface area contributed by atoms with Gasteiger partial charge in [0.1, 0.15) is 0 Å². The molecule has 0 saturated carbocycles. The molecule has 17 heavy (non-hydrogen) atoms. The van der Waals surface area contributed by atoms with Crippen LogP contribution in [-0.2, 0) is 4.74 Å². The third kappa shape index (κ3) is 8.94. The molecule has 4 N–H and O–H groups in total. The smallest absolute Gasteiger partial charge is 0.205 e. The summed E-state index contributed by atoms with van der Waals surface area (Å²) >= 11 is 0. The van der Waals surface area contributed by atoms with Gasteiger partial charge in [-0.2, -0.15) is 0 Å². The lowest BCUT2D eigenvalue weighted by atomic mass is 10.0. The van der Waals surface area contributed by atoms with Gasteiger partial charge in [-0.25, -0.2) is 5.84 Å². The number of aliphatic imine (C=N–C) groups is 1. The Labute approximate surface area is 105 Å². The van der Waals surface area contributed by atoms with Crippen molar-refractivity contribution in [2.75, 3.05) is 26.3 Å². The molecule has 0 aliphatic heterocycles. The van der Waals surface area contributed by atoms with E-state index in [9.17, 15) is 0 Å². The zero-order valence-electron chi connectivity index (χ0n) is 11.5. The van der Waals surface area contributed by atoms with Crippen LogP contribution in [0.4, 0.5) is 0 Å². The average molecular weight is 244 g/mol. The van der Waals surface area contributed by atoms with Crippen LogP contribution in [0.15, 0.2) is 4.99 Å². The van der Waals surface area contributed by atoms with Gasteiger partial charge in [0, 0.05) is 26.3 Å². The van der Waals surface area contributed by atoms with Crippen molar-refractivity contribution in [2.24, 2.45) is 16.8 Å². The Kier molecular flexibility index (Phi) is 11.1. The molecule has 0 aromatic rings. The van der Waals surface area contributed by atoms with Crippen molar-refractivity contribution in [3.63, 3.8) is 0 Å². The van der Waals surface area contributed by atoms with Crippen molar-refractivity contribution in [3.8, 4) is 0 Å². The minimum atomic E-state index is 0.642. The second kappa shape index (κ2) is 11.7. The molecule has 102 valence electrons. The van der Waals surface area contributed by atoms with Crippen molar-refractivity contribution in [2.45, 2.75) is 40.0 Å². The standard InChI is InChI=1S/C12H28N4O/c1-4-11(5-2)10-15-12(16-13)14-8-7-9-17-6-3/h11H,4-10,13H2,1-3H3,(H2,14,15,16). The first-order valence-corrected chi connectivity index (χ1v) is 6.61. The van der Waals surface area contributed by atoms with Crippen LogP contribution in [-0.4, -0.2) is 32.3 Å². The zero-order valence-corrected chi connectivity index (χ0v) is 11.5. The van der Waals surface area contributed by atoms with Crippen LogP contribution in [0.2, 0.25) is 0 Å². The van der Waals surface area contributed by atoms with Crippen molar-refractivity contribution in [3.05, 3.63) is 0 Å². The average Bonchev–Trinajstić information content (AvgIpc) is 2.37. The number of rotatable bonds is 9. The lowest BCUT2D eigenvalue weighted by Gasteiger charge is -2.12. The van der Waals surface area contributed by atoms with Crippen LogP contribution >= 0.6 is 0 Å². The van der Waals surface area contributed by atoms with E-state index < -0.39 is 0 Å². The van der Waals surface area contributed by atoms with Crippen molar-refractivity contribution in [1.82, 2.24) is 10.7 Å². The Balaban J connectivity index is 3.77. The van der Waals surface area contributed by atoms with Crippen LogP contribution in [0.25, 0.3) is 0 Å². The monoisotopic (exact) mass is 244 g/mol. The lowest BCUT2D eigenvalue weighted by molar-refractivity contribution is 0.145. The molecule has 0 heterocycles. The van der Waals surface area contributed by atoms with E-state index in [0.29, 0.717) is 11.9 Å². The molecular weight excluding hydrogens is 216 g/mol. The Morgan fingerprint density at radius 2 is 2.00 bits per heavy atom. The molecule has 0 radical (unpaired) electrons. The van der Waals surface area contributed by atoms with Crippen molar-refractivity contribution >= 4 is 5.96 Å². The molecule has 0 rings (SSSR count).